The summed E-state index contributed by atoms with van der Waals surface area (Å²) in [6.45, 7) is 1.11. The van der Waals surface area contributed by atoms with Crippen molar-refractivity contribution in [1.29, 1.82) is 0 Å². The lowest BCUT2D eigenvalue weighted by Gasteiger charge is -2.27. The second kappa shape index (κ2) is 5.27. The van der Waals surface area contributed by atoms with Crippen molar-refractivity contribution in [3.05, 3.63) is 42.0 Å². The molecule has 7 nitrogen and oxygen atoms in total. The molecule has 1 aliphatic heterocycles. The molecule has 1 atom stereocenters. The SMILES string of the molecule is Cn1cc(C2(CNC(=O)c3cc4occc4[nH]3)CCCO2)cn1. The highest BCUT2D eigenvalue weighted by atomic mass is 16.5. The molecule has 1 amide bonds. The van der Waals surface area contributed by atoms with Crippen LogP contribution in [0.15, 0.2) is 35.2 Å². The second-order valence-corrected chi connectivity index (χ2v) is 5.91. The molecule has 3 aromatic heterocycles. The molecule has 1 aliphatic rings. The number of aromatic nitrogens is 3. The van der Waals surface area contributed by atoms with Crippen molar-refractivity contribution in [2.24, 2.45) is 7.05 Å². The quantitative estimate of drug-likeness (QED) is 0.770. The van der Waals surface area contributed by atoms with Gasteiger partial charge in [-0.25, -0.2) is 0 Å². The van der Waals surface area contributed by atoms with Gasteiger partial charge in [0.2, 0.25) is 0 Å². The van der Waals surface area contributed by atoms with E-state index < -0.39 is 5.60 Å². The molecular formula is C16H18N4O3. The Morgan fingerprint density at radius 3 is 3.17 bits per heavy atom. The van der Waals surface area contributed by atoms with Gasteiger partial charge in [-0.3, -0.25) is 9.48 Å². The van der Waals surface area contributed by atoms with E-state index in [4.69, 9.17) is 9.15 Å². The van der Waals surface area contributed by atoms with Gasteiger partial charge in [0.25, 0.3) is 5.91 Å². The molecular weight excluding hydrogens is 296 g/mol. The van der Waals surface area contributed by atoms with E-state index in [1.54, 1.807) is 29.3 Å². The molecule has 1 unspecified atom stereocenters. The summed E-state index contributed by atoms with van der Waals surface area (Å²) in [4.78, 5) is 15.4. The van der Waals surface area contributed by atoms with E-state index in [2.05, 4.69) is 15.4 Å². The number of furan rings is 1. The number of aromatic amines is 1. The lowest BCUT2D eigenvalue weighted by molar-refractivity contribution is 0.00126. The summed E-state index contributed by atoms with van der Waals surface area (Å²) in [6, 6.07) is 3.50. The summed E-state index contributed by atoms with van der Waals surface area (Å²) < 4.78 is 13.0. The number of nitrogens with zero attached hydrogens (tertiary/aromatic N) is 2. The summed E-state index contributed by atoms with van der Waals surface area (Å²) in [7, 11) is 1.87. The third-order valence-electron chi connectivity index (χ3n) is 4.35. The van der Waals surface area contributed by atoms with E-state index >= 15 is 0 Å². The van der Waals surface area contributed by atoms with Crippen molar-refractivity contribution in [3.63, 3.8) is 0 Å². The Hall–Kier alpha value is -2.54. The van der Waals surface area contributed by atoms with Crippen molar-refractivity contribution in [1.82, 2.24) is 20.1 Å². The van der Waals surface area contributed by atoms with Gasteiger partial charge in [-0.15, -0.1) is 0 Å². The van der Waals surface area contributed by atoms with E-state index in [0.717, 1.165) is 23.9 Å². The lowest BCUT2D eigenvalue weighted by Crippen LogP contribution is -2.40. The van der Waals surface area contributed by atoms with Crippen molar-refractivity contribution in [2.45, 2.75) is 18.4 Å². The van der Waals surface area contributed by atoms with Gasteiger partial charge in [0.15, 0.2) is 5.58 Å². The molecule has 4 rings (SSSR count). The standard InChI is InChI=1S/C16H18N4O3/c1-20-9-11(8-18-20)16(4-2-5-23-16)10-17-15(21)13-7-14-12(19-13)3-6-22-14/h3,6-9,19H,2,4-5,10H2,1H3,(H,17,21). The molecule has 0 saturated carbocycles. The Morgan fingerprint density at radius 1 is 1.57 bits per heavy atom. The highest BCUT2D eigenvalue weighted by Crippen LogP contribution is 2.35. The van der Waals surface area contributed by atoms with E-state index in [-0.39, 0.29) is 5.91 Å². The molecule has 23 heavy (non-hydrogen) atoms. The molecule has 4 heterocycles. The molecule has 1 fully saturated rings. The zero-order valence-corrected chi connectivity index (χ0v) is 12.8. The Labute approximate surface area is 132 Å². The Balaban J connectivity index is 1.51. The zero-order chi connectivity index (χ0) is 15.9. The van der Waals surface area contributed by atoms with Crippen LogP contribution in [0.25, 0.3) is 11.1 Å². The Kier molecular flexibility index (Phi) is 3.23. The van der Waals surface area contributed by atoms with Crippen molar-refractivity contribution < 1.29 is 13.9 Å². The van der Waals surface area contributed by atoms with E-state index in [9.17, 15) is 4.79 Å². The maximum absolute atomic E-state index is 12.4. The first kappa shape index (κ1) is 14.1. The molecule has 1 saturated heterocycles. The normalized spacial score (nSPS) is 21.1. The first-order valence-corrected chi connectivity index (χ1v) is 7.64. The fraction of sp³-hybridized carbons (Fsp3) is 0.375. The third-order valence-corrected chi connectivity index (χ3v) is 4.35. The van der Waals surface area contributed by atoms with Crippen molar-refractivity contribution in [2.75, 3.05) is 13.2 Å². The molecule has 120 valence electrons. The van der Waals surface area contributed by atoms with Gasteiger partial charge in [-0.2, -0.15) is 5.10 Å². The molecule has 3 aromatic rings. The lowest BCUT2D eigenvalue weighted by atomic mass is 9.93. The predicted molar refractivity (Wildman–Crippen MR) is 83.0 cm³/mol. The largest absolute Gasteiger partial charge is 0.463 e. The van der Waals surface area contributed by atoms with E-state index in [1.807, 2.05) is 13.2 Å². The summed E-state index contributed by atoms with van der Waals surface area (Å²) >= 11 is 0. The van der Waals surface area contributed by atoms with E-state index in [1.165, 1.54) is 0 Å². The number of H-pyrrole nitrogens is 1. The number of carbonyl (C=O) groups is 1. The van der Waals surface area contributed by atoms with Crippen LogP contribution in [0, 0.1) is 0 Å². The summed E-state index contributed by atoms with van der Waals surface area (Å²) in [5.74, 6) is -0.171. The van der Waals surface area contributed by atoms with Crippen LogP contribution in [0.1, 0.15) is 28.9 Å². The minimum atomic E-state index is -0.490. The van der Waals surface area contributed by atoms with Crippen LogP contribution in [0.5, 0.6) is 0 Å². The van der Waals surface area contributed by atoms with Crippen LogP contribution >= 0.6 is 0 Å². The first-order valence-electron chi connectivity index (χ1n) is 7.64. The van der Waals surface area contributed by atoms with Crippen LogP contribution in [-0.2, 0) is 17.4 Å². The van der Waals surface area contributed by atoms with Crippen LogP contribution in [0.3, 0.4) is 0 Å². The molecule has 0 radical (unpaired) electrons. The van der Waals surface area contributed by atoms with Crippen molar-refractivity contribution in [3.8, 4) is 0 Å². The number of nitrogens with one attached hydrogen (secondary N) is 2. The molecule has 0 spiro atoms. The monoisotopic (exact) mass is 314 g/mol. The van der Waals surface area contributed by atoms with E-state index in [0.29, 0.717) is 24.4 Å². The van der Waals surface area contributed by atoms with Gasteiger partial charge in [-0.05, 0) is 12.8 Å². The van der Waals surface area contributed by atoms with Crippen LogP contribution < -0.4 is 5.32 Å². The fourth-order valence-corrected chi connectivity index (χ4v) is 3.11. The smallest absolute Gasteiger partial charge is 0.267 e. The fourth-order valence-electron chi connectivity index (χ4n) is 3.11. The van der Waals surface area contributed by atoms with Gasteiger partial charge < -0.3 is 19.5 Å². The average molecular weight is 314 g/mol. The number of amides is 1. The minimum Gasteiger partial charge on any atom is -0.463 e. The highest BCUT2D eigenvalue weighted by molar-refractivity contribution is 5.96. The molecule has 2 N–H and O–H groups in total. The topological polar surface area (TPSA) is 85.1 Å². The maximum atomic E-state index is 12.4. The predicted octanol–water partition coefficient (Wildman–Crippen LogP) is 1.93. The minimum absolute atomic E-state index is 0.171. The van der Waals surface area contributed by atoms with Gasteiger partial charge in [0.1, 0.15) is 11.3 Å². The number of ether oxygens (including phenoxy) is 1. The zero-order valence-electron chi connectivity index (χ0n) is 12.8. The van der Waals surface area contributed by atoms with Crippen LogP contribution in [0.2, 0.25) is 0 Å². The van der Waals surface area contributed by atoms with Crippen molar-refractivity contribution >= 4 is 17.0 Å². The van der Waals surface area contributed by atoms with Crippen LogP contribution in [0.4, 0.5) is 0 Å². The van der Waals surface area contributed by atoms with Crippen LogP contribution in [-0.4, -0.2) is 33.8 Å². The molecule has 7 heteroatoms. The third kappa shape index (κ3) is 2.43. The Bertz CT molecular complexity index is 810. The summed E-state index contributed by atoms with van der Waals surface area (Å²) in [5.41, 5.74) is 2.48. The number of carbonyl (C=O) groups excluding carboxylic acids is 1. The number of hydrogen-bond acceptors (Lipinski definition) is 4. The number of aryl methyl sites for hydroxylation is 1. The summed E-state index contributed by atoms with van der Waals surface area (Å²) in [6.07, 6.45) is 7.18. The molecule has 0 aliphatic carbocycles. The number of rotatable bonds is 4. The first-order chi connectivity index (χ1) is 11.2. The van der Waals surface area contributed by atoms with Gasteiger partial charge in [-0.1, -0.05) is 0 Å². The summed E-state index contributed by atoms with van der Waals surface area (Å²) in [5, 5.41) is 7.19. The van der Waals surface area contributed by atoms with Gasteiger partial charge in [0.05, 0.1) is 24.5 Å². The molecule has 0 bridgehead atoms. The number of hydrogen-bond donors (Lipinski definition) is 2. The average Bonchev–Trinajstić information content (AvgIpc) is 3.28. The number of fused-ring (bicyclic) bond motifs is 1. The maximum Gasteiger partial charge on any atom is 0.267 e. The van der Waals surface area contributed by atoms with Gasteiger partial charge >= 0.3 is 0 Å². The highest BCUT2D eigenvalue weighted by Gasteiger charge is 2.38. The Morgan fingerprint density at radius 2 is 2.48 bits per heavy atom. The van der Waals surface area contributed by atoms with Gasteiger partial charge in [0, 0.05) is 37.5 Å². The second-order valence-electron chi connectivity index (χ2n) is 5.91. The molecule has 0 aromatic carbocycles.